The highest BCUT2D eigenvalue weighted by Crippen LogP contribution is 2.17. The van der Waals surface area contributed by atoms with E-state index < -0.39 is 10.0 Å². The average molecular weight is 376 g/mol. The Morgan fingerprint density at radius 2 is 1.85 bits per heavy atom. The van der Waals surface area contributed by atoms with Gasteiger partial charge in [0.05, 0.1) is 12.0 Å². The van der Waals surface area contributed by atoms with Crippen LogP contribution in [-0.4, -0.2) is 34.5 Å². The van der Waals surface area contributed by atoms with Crippen molar-refractivity contribution in [3.63, 3.8) is 0 Å². The highest BCUT2D eigenvalue weighted by Gasteiger charge is 2.17. The molecular formula is C19H24N2O4S. The second-order valence-corrected chi connectivity index (χ2v) is 7.57. The lowest BCUT2D eigenvalue weighted by Gasteiger charge is -2.21. The number of ether oxygens (including phenoxy) is 1. The molecule has 0 spiro atoms. The minimum atomic E-state index is -3.66. The molecule has 140 valence electrons. The molecule has 0 aliphatic heterocycles. The molecule has 0 unspecified atom stereocenters. The molecule has 0 bridgehead atoms. The van der Waals surface area contributed by atoms with Crippen molar-refractivity contribution in [1.29, 1.82) is 0 Å². The molecule has 0 aliphatic carbocycles. The summed E-state index contributed by atoms with van der Waals surface area (Å²) < 4.78 is 32.1. The maximum absolute atomic E-state index is 12.5. The molecule has 0 aromatic heterocycles. The van der Waals surface area contributed by atoms with E-state index in [1.807, 2.05) is 38.1 Å². The minimum absolute atomic E-state index is 0.0372. The quantitative estimate of drug-likeness (QED) is 0.769. The molecule has 26 heavy (non-hydrogen) atoms. The summed E-state index contributed by atoms with van der Waals surface area (Å²) in [6, 6.07) is 13.8. The van der Waals surface area contributed by atoms with Crippen LogP contribution in [0.1, 0.15) is 18.9 Å². The zero-order valence-electron chi connectivity index (χ0n) is 15.2. The van der Waals surface area contributed by atoms with E-state index in [9.17, 15) is 13.2 Å². The third kappa shape index (κ3) is 5.06. The molecule has 2 rings (SSSR count). The number of benzene rings is 2. The lowest BCUT2D eigenvalue weighted by molar-refractivity contribution is -0.118. The van der Waals surface area contributed by atoms with Crippen molar-refractivity contribution >= 4 is 21.6 Å². The van der Waals surface area contributed by atoms with Crippen molar-refractivity contribution in [1.82, 2.24) is 4.72 Å². The first kappa shape index (κ1) is 19.9. The highest BCUT2D eigenvalue weighted by atomic mass is 32.2. The Morgan fingerprint density at radius 1 is 1.15 bits per heavy atom. The van der Waals surface area contributed by atoms with E-state index in [0.717, 1.165) is 11.3 Å². The molecule has 2 aromatic rings. The maximum atomic E-state index is 12.5. The third-order valence-electron chi connectivity index (χ3n) is 3.93. The molecule has 1 amide bonds. The fraction of sp³-hybridized carbons (Fsp3) is 0.316. The molecule has 7 heteroatoms. The molecule has 0 aliphatic rings. The molecular weight excluding hydrogens is 352 g/mol. The Balaban J connectivity index is 1.97. The summed E-state index contributed by atoms with van der Waals surface area (Å²) in [4.78, 5) is 14.2. The Bertz CT molecular complexity index is 848. The molecule has 0 saturated carbocycles. The van der Waals surface area contributed by atoms with E-state index >= 15 is 0 Å². The zero-order chi connectivity index (χ0) is 19.2. The lowest BCUT2D eigenvalue weighted by atomic mass is 10.2. The van der Waals surface area contributed by atoms with Gasteiger partial charge in [-0.15, -0.1) is 0 Å². The Morgan fingerprint density at radius 3 is 2.42 bits per heavy atom. The van der Waals surface area contributed by atoms with Gasteiger partial charge in [0.1, 0.15) is 5.75 Å². The first-order valence-corrected chi connectivity index (χ1v) is 9.86. The number of amides is 1. The van der Waals surface area contributed by atoms with Gasteiger partial charge in [-0.3, -0.25) is 4.79 Å². The van der Waals surface area contributed by atoms with Crippen LogP contribution in [0.4, 0.5) is 5.69 Å². The number of hydrogen-bond acceptors (Lipinski definition) is 4. The first-order chi connectivity index (χ1) is 12.4. The van der Waals surface area contributed by atoms with Crippen LogP contribution in [0, 0.1) is 6.92 Å². The van der Waals surface area contributed by atoms with Crippen molar-refractivity contribution in [3.8, 4) is 5.75 Å². The number of carbonyl (C=O) groups is 1. The second kappa shape index (κ2) is 8.82. The maximum Gasteiger partial charge on any atom is 0.240 e. The molecule has 0 saturated heterocycles. The van der Waals surface area contributed by atoms with Crippen LogP contribution in [0.3, 0.4) is 0 Å². The van der Waals surface area contributed by atoms with E-state index in [2.05, 4.69) is 4.72 Å². The van der Waals surface area contributed by atoms with Gasteiger partial charge in [0.15, 0.2) is 0 Å². The molecule has 6 nitrogen and oxygen atoms in total. The highest BCUT2D eigenvalue weighted by molar-refractivity contribution is 7.89. The topological polar surface area (TPSA) is 75.7 Å². The minimum Gasteiger partial charge on any atom is -0.497 e. The third-order valence-corrected chi connectivity index (χ3v) is 5.41. The van der Waals surface area contributed by atoms with Crippen LogP contribution in [0.25, 0.3) is 0 Å². The van der Waals surface area contributed by atoms with Gasteiger partial charge in [-0.2, -0.15) is 0 Å². The van der Waals surface area contributed by atoms with Crippen LogP contribution in [0.5, 0.6) is 5.75 Å². The van der Waals surface area contributed by atoms with Gasteiger partial charge in [-0.1, -0.05) is 12.1 Å². The largest absolute Gasteiger partial charge is 0.497 e. The number of nitrogens with zero attached hydrogens (tertiary/aromatic N) is 1. The fourth-order valence-electron chi connectivity index (χ4n) is 2.56. The molecule has 0 radical (unpaired) electrons. The van der Waals surface area contributed by atoms with Crippen molar-refractivity contribution in [2.75, 3.05) is 25.1 Å². The zero-order valence-corrected chi connectivity index (χ0v) is 16.0. The van der Waals surface area contributed by atoms with Crippen LogP contribution in [-0.2, 0) is 14.8 Å². The van der Waals surface area contributed by atoms with E-state index in [4.69, 9.17) is 4.74 Å². The molecule has 0 atom stereocenters. The number of aryl methyl sites for hydroxylation is 1. The van der Waals surface area contributed by atoms with Gasteiger partial charge in [0, 0.05) is 25.2 Å². The van der Waals surface area contributed by atoms with Crippen LogP contribution in [0.15, 0.2) is 53.4 Å². The van der Waals surface area contributed by atoms with E-state index in [1.165, 1.54) is 19.2 Å². The predicted molar refractivity (Wildman–Crippen MR) is 102 cm³/mol. The number of nitrogens with one attached hydrogen (secondary N) is 1. The van der Waals surface area contributed by atoms with Crippen molar-refractivity contribution < 1.29 is 17.9 Å². The van der Waals surface area contributed by atoms with E-state index in [-0.39, 0.29) is 23.8 Å². The van der Waals surface area contributed by atoms with E-state index in [1.54, 1.807) is 17.0 Å². The Kier molecular flexibility index (Phi) is 6.76. The molecule has 0 fully saturated rings. The van der Waals surface area contributed by atoms with Crippen molar-refractivity contribution in [2.45, 2.75) is 25.2 Å². The van der Waals surface area contributed by atoms with Gasteiger partial charge in [-0.05, 0) is 55.8 Å². The summed E-state index contributed by atoms with van der Waals surface area (Å²) in [5.41, 5.74) is 1.88. The Labute approximate surface area is 154 Å². The Hall–Kier alpha value is -2.38. The predicted octanol–water partition coefficient (Wildman–Crippen LogP) is 2.73. The summed E-state index contributed by atoms with van der Waals surface area (Å²) >= 11 is 0. The summed E-state index contributed by atoms with van der Waals surface area (Å²) in [5.74, 6) is 0.450. The van der Waals surface area contributed by atoms with E-state index in [0.29, 0.717) is 12.3 Å². The first-order valence-electron chi connectivity index (χ1n) is 8.38. The second-order valence-electron chi connectivity index (χ2n) is 5.80. The fourth-order valence-corrected chi connectivity index (χ4v) is 3.60. The van der Waals surface area contributed by atoms with Gasteiger partial charge < -0.3 is 9.64 Å². The van der Waals surface area contributed by atoms with Crippen molar-refractivity contribution in [2.24, 2.45) is 0 Å². The smallest absolute Gasteiger partial charge is 0.240 e. The number of methoxy groups -OCH3 is 1. The SMILES string of the molecule is CCN(C(=O)CCNS(=O)(=O)c1ccc(OC)cc1)c1cccc(C)c1. The van der Waals surface area contributed by atoms with Gasteiger partial charge in [-0.25, -0.2) is 13.1 Å². The normalized spacial score (nSPS) is 11.2. The number of carbonyl (C=O) groups excluding carboxylic acids is 1. The number of hydrogen-bond donors (Lipinski definition) is 1. The molecule has 1 N–H and O–H groups in total. The van der Waals surface area contributed by atoms with Crippen LogP contribution in [0.2, 0.25) is 0 Å². The lowest BCUT2D eigenvalue weighted by Crippen LogP contribution is -2.34. The summed E-state index contributed by atoms with van der Waals surface area (Å²) in [7, 11) is -2.15. The monoisotopic (exact) mass is 376 g/mol. The van der Waals surface area contributed by atoms with Gasteiger partial charge >= 0.3 is 0 Å². The number of sulfonamides is 1. The summed E-state index contributed by atoms with van der Waals surface area (Å²) in [6.45, 7) is 4.41. The van der Waals surface area contributed by atoms with Crippen molar-refractivity contribution in [3.05, 3.63) is 54.1 Å². The van der Waals surface area contributed by atoms with Crippen LogP contribution >= 0.6 is 0 Å². The van der Waals surface area contributed by atoms with Crippen LogP contribution < -0.4 is 14.4 Å². The van der Waals surface area contributed by atoms with Gasteiger partial charge in [0.2, 0.25) is 15.9 Å². The number of rotatable bonds is 8. The average Bonchev–Trinajstić information content (AvgIpc) is 2.62. The summed E-state index contributed by atoms with van der Waals surface area (Å²) in [5, 5.41) is 0. The molecule has 2 aromatic carbocycles. The van der Waals surface area contributed by atoms with Gasteiger partial charge in [0.25, 0.3) is 0 Å². The number of anilines is 1. The summed E-state index contributed by atoms with van der Waals surface area (Å²) in [6.07, 6.45) is 0.0805. The standard InChI is InChI=1S/C19H24N2O4S/c1-4-21(16-7-5-6-15(2)14-16)19(22)12-13-20-26(23,24)18-10-8-17(25-3)9-11-18/h5-11,14,20H,4,12-13H2,1-3H3. The molecule has 0 heterocycles.